The summed E-state index contributed by atoms with van der Waals surface area (Å²) in [7, 11) is 0. The minimum absolute atomic E-state index is 0.249. The Kier molecular flexibility index (Phi) is 1.96. The average Bonchev–Trinajstić information content (AvgIpc) is 2.04. The minimum Gasteiger partial charge on any atom is -0.258 e. The largest absolute Gasteiger partial charge is 0.293 e. The first kappa shape index (κ1) is 8.07. The van der Waals surface area contributed by atoms with Crippen molar-refractivity contribution in [3.05, 3.63) is 33.9 Å². The van der Waals surface area contributed by atoms with Crippen LogP contribution in [-0.4, -0.2) is 9.91 Å². The second-order valence-corrected chi connectivity index (χ2v) is 1.89. The fraction of sp³-hybridized carbons (Fsp3) is 0. The van der Waals surface area contributed by atoms with Gasteiger partial charge in [-0.2, -0.15) is 9.65 Å². The molecule has 0 N–H and O–H groups in total. The van der Waals surface area contributed by atoms with Crippen LogP contribution in [0, 0.1) is 27.4 Å². The molecule has 0 amide bonds. The smallest absolute Gasteiger partial charge is 0.258 e. The number of nitrogens with zero attached hydrogens (tertiary/aromatic N) is 3. The van der Waals surface area contributed by atoms with Gasteiger partial charge in [0, 0.05) is 0 Å². The number of hydrogen-bond acceptors (Lipinski definition) is 4. The van der Waals surface area contributed by atoms with Crippen molar-refractivity contribution in [2.45, 2.75) is 0 Å². The standard InChI is InChI=1S/C6H2FN3O2/c7-6-1-5(10(11)12)4(2-8)3-9-6/h1,3H. The van der Waals surface area contributed by atoms with E-state index in [1.807, 2.05) is 0 Å². The first-order valence-electron chi connectivity index (χ1n) is 2.85. The van der Waals surface area contributed by atoms with Crippen LogP contribution in [0.4, 0.5) is 10.1 Å². The van der Waals surface area contributed by atoms with Gasteiger partial charge < -0.3 is 0 Å². The molecule has 5 nitrogen and oxygen atoms in total. The average molecular weight is 167 g/mol. The van der Waals surface area contributed by atoms with E-state index in [0.717, 1.165) is 6.20 Å². The molecule has 0 atom stereocenters. The summed E-state index contributed by atoms with van der Waals surface area (Å²) in [5.74, 6) is -0.972. The lowest BCUT2D eigenvalue weighted by atomic mass is 10.2. The van der Waals surface area contributed by atoms with Crippen LogP contribution in [0.1, 0.15) is 5.56 Å². The summed E-state index contributed by atoms with van der Waals surface area (Å²) in [6.45, 7) is 0. The predicted molar refractivity (Wildman–Crippen MR) is 35.6 cm³/mol. The van der Waals surface area contributed by atoms with Crippen molar-refractivity contribution in [3.8, 4) is 6.07 Å². The van der Waals surface area contributed by atoms with Gasteiger partial charge in [0.2, 0.25) is 5.95 Å². The van der Waals surface area contributed by atoms with Gasteiger partial charge >= 0.3 is 0 Å². The van der Waals surface area contributed by atoms with Gasteiger partial charge in [0.25, 0.3) is 5.69 Å². The van der Waals surface area contributed by atoms with Gasteiger partial charge in [0.05, 0.1) is 17.2 Å². The third kappa shape index (κ3) is 1.34. The number of nitriles is 1. The number of pyridine rings is 1. The third-order valence-electron chi connectivity index (χ3n) is 1.17. The highest BCUT2D eigenvalue weighted by molar-refractivity contribution is 5.45. The summed E-state index contributed by atoms with van der Waals surface area (Å²) < 4.78 is 12.3. The van der Waals surface area contributed by atoms with Gasteiger partial charge in [-0.15, -0.1) is 0 Å². The molecule has 0 aromatic carbocycles. The molecule has 60 valence electrons. The van der Waals surface area contributed by atoms with Crippen molar-refractivity contribution in [1.82, 2.24) is 4.98 Å². The predicted octanol–water partition coefficient (Wildman–Crippen LogP) is 1.00. The van der Waals surface area contributed by atoms with E-state index in [4.69, 9.17) is 5.26 Å². The van der Waals surface area contributed by atoms with Crippen LogP contribution < -0.4 is 0 Å². The first-order chi connectivity index (χ1) is 5.65. The second-order valence-electron chi connectivity index (χ2n) is 1.89. The molecular formula is C6H2FN3O2. The van der Waals surface area contributed by atoms with Crippen LogP contribution >= 0.6 is 0 Å². The lowest BCUT2D eigenvalue weighted by Gasteiger charge is -1.92. The Morgan fingerprint density at radius 1 is 1.75 bits per heavy atom. The zero-order valence-corrected chi connectivity index (χ0v) is 5.69. The Hall–Kier alpha value is -2.03. The van der Waals surface area contributed by atoms with Gasteiger partial charge in [-0.3, -0.25) is 10.1 Å². The van der Waals surface area contributed by atoms with Gasteiger partial charge in [0.15, 0.2) is 0 Å². The molecule has 0 radical (unpaired) electrons. The van der Waals surface area contributed by atoms with Gasteiger partial charge in [-0.05, 0) is 0 Å². The Labute approximate surface area is 66.2 Å². The monoisotopic (exact) mass is 167 g/mol. The van der Waals surface area contributed by atoms with E-state index in [1.165, 1.54) is 6.07 Å². The lowest BCUT2D eigenvalue weighted by Crippen LogP contribution is -1.94. The maximum atomic E-state index is 12.3. The zero-order chi connectivity index (χ0) is 9.14. The topological polar surface area (TPSA) is 79.8 Å². The summed E-state index contributed by atoms with van der Waals surface area (Å²) in [5.41, 5.74) is -0.814. The molecule has 0 fully saturated rings. The summed E-state index contributed by atoms with van der Waals surface area (Å²) in [6, 6.07) is 2.14. The minimum atomic E-state index is -0.972. The van der Waals surface area contributed by atoms with Gasteiger partial charge in [-0.1, -0.05) is 0 Å². The number of halogens is 1. The molecule has 1 heterocycles. The van der Waals surface area contributed by atoms with Crippen molar-refractivity contribution in [2.75, 3.05) is 0 Å². The van der Waals surface area contributed by atoms with Crippen molar-refractivity contribution in [3.63, 3.8) is 0 Å². The number of nitro groups is 1. The molecule has 0 aliphatic heterocycles. The fourth-order valence-corrected chi connectivity index (χ4v) is 0.657. The van der Waals surface area contributed by atoms with Crippen LogP contribution in [0.5, 0.6) is 0 Å². The van der Waals surface area contributed by atoms with Crippen LogP contribution in [0.3, 0.4) is 0 Å². The Morgan fingerprint density at radius 3 is 2.92 bits per heavy atom. The molecule has 12 heavy (non-hydrogen) atoms. The highest BCUT2D eigenvalue weighted by atomic mass is 19.1. The first-order valence-corrected chi connectivity index (χ1v) is 2.85. The molecule has 0 spiro atoms. The lowest BCUT2D eigenvalue weighted by molar-refractivity contribution is -0.385. The quantitative estimate of drug-likeness (QED) is 0.355. The third-order valence-corrected chi connectivity index (χ3v) is 1.17. The van der Waals surface area contributed by atoms with Crippen LogP contribution in [0.15, 0.2) is 12.3 Å². The number of hydrogen-bond donors (Lipinski definition) is 0. The van der Waals surface area contributed by atoms with E-state index < -0.39 is 16.6 Å². The SMILES string of the molecule is N#Cc1cnc(F)cc1[N+](=O)[O-]. The van der Waals surface area contributed by atoms with E-state index in [0.29, 0.717) is 6.07 Å². The Balaban J connectivity index is 3.34. The molecule has 0 saturated heterocycles. The molecule has 0 saturated carbocycles. The normalized spacial score (nSPS) is 9.00. The summed E-state index contributed by atoms with van der Waals surface area (Å²) in [6.07, 6.45) is 0.827. The molecule has 1 aromatic heterocycles. The maximum absolute atomic E-state index is 12.3. The van der Waals surface area contributed by atoms with E-state index in [-0.39, 0.29) is 5.56 Å². The summed E-state index contributed by atoms with van der Waals surface area (Å²) in [5, 5.41) is 18.5. The van der Waals surface area contributed by atoms with Gasteiger partial charge in [-0.25, -0.2) is 4.98 Å². The van der Waals surface area contributed by atoms with E-state index >= 15 is 0 Å². The molecule has 6 heteroatoms. The summed E-state index contributed by atoms with van der Waals surface area (Å²) >= 11 is 0. The second kappa shape index (κ2) is 2.92. The van der Waals surface area contributed by atoms with Crippen LogP contribution in [-0.2, 0) is 0 Å². The van der Waals surface area contributed by atoms with E-state index in [2.05, 4.69) is 4.98 Å². The zero-order valence-electron chi connectivity index (χ0n) is 5.69. The van der Waals surface area contributed by atoms with Crippen LogP contribution in [0.2, 0.25) is 0 Å². The number of rotatable bonds is 1. The molecule has 1 aromatic rings. The van der Waals surface area contributed by atoms with Crippen molar-refractivity contribution in [1.29, 1.82) is 5.26 Å². The van der Waals surface area contributed by atoms with Crippen molar-refractivity contribution in [2.24, 2.45) is 0 Å². The Bertz CT molecular complexity index is 372. The highest BCUT2D eigenvalue weighted by Gasteiger charge is 2.14. The van der Waals surface area contributed by atoms with Gasteiger partial charge in [0.1, 0.15) is 11.6 Å². The van der Waals surface area contributed by atoms with Crippen molar-refractivity contribution < 1.29 is 9.31 Å². The molecular weight excluding hydrogens is 165 g/mol. The summed E-state index contributed by atoms with van der Waals surface area (Å²) in [4.78, 5) is 12.5. The fourth-order valence-electron chi connectivity index (χ4n) is 0.657. The van der Waals surface area contributed by atoms with E-state index in [1.54, 1.807) is 0 Å². The molecule has 0 aliphatic rings. The molecule has 0 unspecified atom stereocenters. The molecule has 0 bridgehead atoms. The maximum Gasteiger partial charge on any atom is 0.293 e. The van der Waals surface area contributed by atoms with Crippen LogP contribution in [0.25, 0.3) is 0 Å². The number of aromatic nitrogens is 1. The highest BCUT2D eigenvalue weighted by Crippen LogP contribution is 2.16. The Morgan fingerprint density at radius 2 is 2.42 bits per heavy atom. The molecule has 1 rings (SSSR count). The van der Waals surface area contributed by atoms with Crippen molar-refractivity contribution >= 4 is 5.69 Å². The molecule has 0 aliphatic carbocycles. The van der Waals surface area contributed by atoms with E-state index in [9.17, 15) is 14.5 Å².